The first-order valence-corrected chi connectivity index (χ1v) is 4.94. The summed E-state index contributed by atoms with van der Waals surface area (Å²) in [6, 6.07) is 0. The van der Waals surface area contributed by atoms with Crippen molar-refractivity contribution >= 4 is 5.97 Å². The predicted octanol–water partition coefficient (Wildman–Crippen LogP) is 1.92. The van der Waals surface area contributed by atoms with Crippen molar-refractivity contribution in [2.24, 2.45) is 5.92 Å². The number of methoxy groups -OCH3 is 1. The van der Waals surface area contributed by atoms with Crippen LogP contribution >= 0.6 is 0 Å². The van der Waals surface area contributed by atoms with Crippen molar-refractivity contribution in [3.63, 3.8) is 0 Å². The van der Waals surface area contributed by atoms with Gasteiger partial charge in [0.25, 0.3) is 0 Å². The summed E-state index contributed by atoms with van der Waals surface area (Å²) in [4.78, 5) is 11.2. The number of allylic oxidation sites excluding steroid dienone is 1. The molecule has 1 rings (SSSR count). The largest absolute Gasteiger partial charge is 0.453 e. The van der Waals surface area contributed by atoms with Crippen LogP contribution in [0.3, 0.4) is 0 Å². The van der Waals surface area contributed by atoms with E-state index in [-0.39, 0.29) is 12.6 Å². The van der Waals surface area contributed by atoms with E-state index in [1.807, 2.05) is 13.0 Å². The Morgan fingerprint density at radius 1 is 1.64 bits per heavy atom. The van der Waals surface area contributed by atoms with Gasteiger partial charge in [0.05, 0.1) is 0 Å². The van der Waals surface area contributed by atoms with Crippen LogP contribution in [-0.2, 0) is 14.3 Å². The highest BCUT2D eigenvalue weighted by Gasteiger charge is 2.30. The molecule has 3 nitrogen and oxygen atoms in total. The van der Waals surface area contributed by atoms with E-state index in [0.29, 0.717) is 5.92 Å². The first-order chi connectivity index (χ1) is 6.56. The summed E-state index contributed by atoms with van der Waals surface area (Å²) in [5, 5.41) is 0. The van der Waals surface area contributed by atoms with Gasteiger partial charge in [0.2, 0.25) is 0 Å². The third-order valence-electron chi connectivity index (χ3n) is 2.37. The summed E-state index contributed by atoms with van der Waals surface area (Å²) in [5.74, 6) is 0.272. The van der Waals surface area contributed by atoms with Crippen LogP contribution in [-0.4, -0.2) is 25.3 Å². The topological polar surface area (TPSA) is 35.5 Å². The molecule has 80 valence electrons. The van der Waals surface area contributed by atoms with Crippen molar-refractivity contribution in [2.75, 3.05) is 13.7 Å². The number of esters is 1. The quantitative estimate of drug-likeness (QED) is 0.513. The van der Waals surface area contributed by atoms with Crippen molar-refractivity contribution in [2.45, 2.75) is 32.3 Å². The molecule has 0 aromatic rings. The smallest absolute Gasteiger partial charge is 0.332 e. The summed E-state index contributed by atoms with van der Waals surface area (Å²) in [7, 11) is 1.49. The van der Waals surface area contributed by atoms with Crippen molar-refractivity contribution in [1.29, 1.82) is 0 Å². The van der Waals surface area contributed by atoms with Crippen LogP contribution in [0.15, 0.2) is 12.2 Å². The first kappa shape index (κ1) is 11.2. The van der Waals surface area contributed by atoms with Gasteiger partial charge in [0, 0.05) is 7.11 Å². The standard InChI is InChI=1S/C11H18O3/c1-9-5-4-6-11(2,7-9)14-10(12)8-13-3/h4,6,9H,5,7-8H2,1-3H3/t9-,11+/m0/s1. The van der Waals surface area contributed by atoms with Crippen molar-refractivity contribution in [3.8, 4) is 0 Å². The Hall–Kier alpha value is -0.830. The van der Waals surface area contributed by atoms with Gasteiger partial charge in [-0.15, -0.1) is 0 Å². The van der Waals surface area contributed by atoms with E-state index in [2.05, 4.69) is 13.0 Å². The zero-order valence-corrected chi connectivity index (χ0v) is 9.08. The minimum atomic E-state index is -0.437. The average Bonchev–Trinajstić information content (AvgIpc) is 2.02. The Labute approximate surface area is 85.1 Å². The molecule has 0 N–H and O–H groups in total. The molecule has 0 spiro atoms. The second-order valence-electron chi connectivity index (χ2n) is 4.17. The lowest BCUT2D eigenvalue weighted by Crippen LogP contribution is -2.34. The zero-order chi connectivity index (χ0) is 10.6. The molecule has 0 aromatic carbocycles. The average molecular weight is 198 g/mol. The molecule has 0 bridgehead atoms. The molecule has 1 aliphatic carbocycles. The van der Waals surface area contributed by atoms with E-state index in [1.165, 1.54) is 7.11 Å². The normalized spacial score (nSPS) is 31.5. The lowest BCUT2D eigenvalue weighted by molar-refractivity contribution is -0.159. The van der Waals surface area contributed by atoms with Gasteiger partial charge >= 0.3 is 5.97 Å². The van der Waals surface area contributed by atoms with Gasteiger partial charge < -0.3 is 9.47 Å². The lowest BCUT2D eigenvalue weighted by Gasteiger charge is -2.32. The van der Waals surface area contributed by atoms with Crippen LogP contribution in [0.2, 0.25) is 0 Å². The van der Waals surface area contributed by atoms with Gasteiger partial charge in [0.15, 0.2) is 0 Å². The monoisotopic (exact) mass is 198 g/mol. The molecular weight excluding hydrogens is 180 g/mol. The van der Waals surface area contributed by atoms with Crippen LogP contribution in [0.4, 0.5) is 0 Å². The van der Waals surface area contributed by atoms with Gasteiger partial charge in [-0.05, 0) is 31.8 Å². The van der Waals surface area contributed by atoms with Crippen LogP contribution in [0, 0.1) is 5.92 Å². The molecule has 0 fully saturated rings. The molecule has 1 aliphatic rings. The molecule has 3 heteroatoms. The summed E-state index contributed by atoms with van der Waals surface area (Å²) >= 11 is 0. The summed E-state index contributed by atoms with van der Waals surface area (Å²) in [6.07, 6.45) is 6.01. The fraction of sp³-hybridized carbons (Fsp3) is 0.727. The molecule has 0 radical (unpaired) electrons. The highest BCUT2D eigenvalue weighted by Crippen LogP contribution is 2.29. The highest BCUT2D eigenvalue weighted by atomic mass is 16.6. The van der Waals surface area contributed by atoms with Gasteiger partial charge in [-0.25, -0.2) is 4.79 Å². The number of carbonyl (C=O) groups is 1. The molecule has 14 heavy (non-hydrogen) atoms. The Morgan fingerprint density at radius 2 is 2.36 bits per heavy atom. The van der Waals surface area contributed by atoms with E-state index in [4.69, 9.17) is 9.47 Å². The Bertz CT molecular complexity index is 235. The number of ether oxygens (including phenoxy) is 2. The second-order valence-corrected chi connectivity index (χ2v) is 4.17. The van der Waals surface area contributed by atoms with E-state index in [0.717, 1.165) is 12.8 Å². The molecule has 0 saturated carbocycles. The third kappa shape index (κ3) is 3.14. The third-order valence-corrected chi connectivity index (χ3v) is 2.37. The molecule has 0 aromatic heterocycles. The van der Waals surface area contributed by atoms with Crippen LogP contribution in [0.1, 0.15) is 26.7 Å². The lowest BCUT2D eigenvalue weighted by atomic mass is 9.85. The van der Waals surface area contributed by atoms with E-state index < -0.39 is 5.60 Å². The first-order valence-electron chi connectivity index (χ1n) is 4.94. The maximum atomic E-state index is 11.2. The fourth-order valence-corrected chi connectivity index (χ4v) is 1.88. The molecule has 2 atom stereocenters. The predicted molar refractivity (Wildman–Crippen MR) is 53.9 cm³/mol. The van der Waals surface area contributed by atoms with E-state index in [1.54, 1.807) is 0 Å². The Kier molecular flexibility index (Phi) is 3.69. The molecule has 0 amide bonds. The van der Waals surface area contributed by atoms with Gasteiger partial charge in [0.1, 0.15) is 12.2 Å². The minimum absolute atomic E-state index is 0.0256. The number of hydrogen-bond donors (Lipinski definition) is 0. The Balaban J connectivity index is 2.53. The maximum Gasteiger partial charge on any atom is 0.332 e. The number of rotatable bonds is 3. The van der Waals surface area contributed by atoms with Crippen LogP contribution in [0.25, 0.3) is 0 Å². The summed E-state index contributed by atoms with van der Waals surface area (Å²) in [5.41, 5.74) is -0.437. The van der Waals surface area contributed by atoms with E-state index >= 15 is 0 Å². The SMILES string of the molecule is COCC(=O)O[C@]1(C)C=CC[C@H](C)C1. The second kappa shape index (κ2) is 4.60. The Morgan fingerprint density at radius 3 is 2.93 bits per heavy atom. The number of carbonyl (C=O) groups excluding carboxylic acids is 1. The van der Waals surface area contributed by atoms with Gasteiger partial charge in [-0.3, -0.25) is 0 Å². The molecular formula is C11H18O3. The molecule has 0 saturated heterocycles. The van der Waals surface area contributed by atoms with Crippen molar-refractivity contribution < 1.29 is 14.3 Å². The van der Waals surface area contributed by atoms with Gasteiger partial charge in [-0.2, -0.15) is 0 Å². The summed E-state index contributed by atoms with van der Waals surface area (Å²) < 4.78 is 10.1. The van der Waals surface area contributed by atoms with Crippen molar-refractivity contribution in [1.82, 2.24) is 0 Å². The van der Waals surface area contributed by atoms with Crippen molar-refractivity contribution in [3.05, 3.63) is 12.2 Å². The molecule has 0 unspecified atom stereocenters. The molecule has 0 heterocycles. The van der Waals surface area contributed by atoms with E-state index in [9.17, 15) is 4.79 Å². The fourth-order valence-electron chi connectivity index (χ4n) is 1.88. The van der Waals surface area contributed by atoms with Crippen LogP contribution < -0.4 is 0 Å². The zero-order valence-electron chi connectivity index (χ0n) is 9.08. The minimum Gasteiger partial charge on any atom is -0.453 e. The molecule has 0 aliphatic heterocycles. The number of hydrogen-bond acceptors (Lipinski definition) is 3. The summed E-state index contributed by atoms with van der Waals surface area (Å²) in [6.45, 7) is 4.12. The van der Waals surface area contributed by atoms with Crippen LogP contribution in [0.5, 0.6) is 0 Å². The highest BCUT2D eigenvalue weighted by molar-refractivity contribution is 5.71. The van der Waals surface area contributed by atoms with Gasteiger partial charge in [-0.1, -0.05) is 13.0 Å². The maximum absolute atomic E-state index is 11.2.